The van der Waals surface area contributed by atoms with Crippen LogP contribution in [-0.2, 0) is 29.5 Å². The molecule has 0 fully saturated rings. The highest BCUT2D eigenvalue weighted by Crippen LogP contribution is 2.24. The molecule has 0 amide bonds. The first-order chi connectivity index (χ1) is 8.84. The minimum Gasteiger partial charge on any atom is -0.270 e. The summed E-state index contributed by atoms with van der Waals surface area (Å²) >= 11 is 0. The van der Waals surface area contributed by atoms with E-state index in [0.717, 1.165) is 12.1 Å². The number of rotatable bonds is 7. The molecule has 0 N–H and O–H groups in total. The molecule has 9 nitrogen and oxygen atoms in total. The van der Waals surface area contributed by atoms with Gasteiger partial charge in [0.05, 0.1) is 18.1 Å². The van der Waals surface area contributed by atoms with Crippen molar-refractivity contribution in [2.24, 2.45) is 0 Å². The van der Waals surface area contributed by atoms with Crippen LogP contribution in [0.3, 0.4) is 0 Å². The second kappa shape index (κ2) is 6.56. The normalized spacial score (nSPS) is 11.6. The topological polar surface area (TPSA) is 130 Å². The molecule has 0 heterocycles. The largest absolute Gasteiger partial charge is 0.303 e. The Labute approximate surface area is 110 Å². The van der Waals surface area contributed by atoms with Gasteiger partial charge in [0.15, 0.2) is 4.90 Å². The van der Waals surface area contributed by atoms with Crippen molar-refractivity contribution < 1.29 is 30.1 Å². The molecule has 0 unspecified atom stereocenters. The maximum Gasteiger partial charge on any atom is 0.303 e. The van der Waals surface area contributed by atoms with Gasteiger partial charge < -0.3 is 0 Å². The fourth-order valence-corrected chi connectivity index (χ4v) is 2.42. The van der Waals surface area contributed by atoms with Gasteiger partial charge in [0, 0.05) is 6.07 Å². The quantitative estimate of drug-likeness (QED) is 0.242. The summed E-state index contributed by atoms with van der Waals surface area (Å²) in [6.45, 7) is -1.07. The second-order valence-electron chi connectivity index (χ2n) is 3.06. The number of thiol groups is 1. The van der Waals surface area contributed by atoms with Gasteiger partial charge in [0.1, 0.15) is 0 Å². The molecule has 1 aromatic rings. The third kappa shape index (κ3) is 4.55. The van der Waals surface area contributed by atoms with Crippen molar-refractivity contribution >= 4 is 26.8 Å². The van der Waals surface area contributed by atoms with E-state index in [1.807, 2.05) is 0 Å². The van der Waals surface area contributed by atoms with Crippen molar-refractivity contribution in [1.29, 1.82) is 0 Å². The summed E-state index contributed by atoms with van der Waals surface area (Å²) < 4.78 is 52.0. The van der Waals surface area contributed by atoms with Gasteiger partial charge in [-0.1, -0.05) is 12.1 Å². The van der Waals surface area contributed by atoms with E-state index in [1.165, 1.54) is 12.1 Å². The third-order valence-corrected chi connectivity index (χ3v) is 3.60. The van der Waals surface area contributed by atoms with Crippen LogP contribution in [0.1, 0.15) is 0 Å². The molecule has 1 aromatic carbocycles. The van der Waals surface area contributed by atoms with E-state index in [1.54, 1.807) is 0 Å². The Hall–Kier alpha value is -1.56. The standard InChI is InChI=1S/C8H9NO8S2/c10-9(11)7-3-1-2-4-8(7)19(14,15)17-6-5-16-18(12)13/h1-4,18H,5-6H2. The Balaban J connectivity index is 2.86. The Morgan fingerprint density at radius 3 is 2.42 bits per heavy atom. The number of nitro groups is 1. The van der Waals surface area contributed by atoms with Crippen molar-refractivity contribution in [3.63, 3.8) is 0 Å². The monoisotopic (exact) mass is 311 g/mol. The fourth-order valence-electron chi connectivity index (χ4n) is 1.14. The summed E-state index contributed by atoms with van der Waals surface area (Å²) in [5.41, 5.74) is -0.627. The average molecular weight is 311 g/mol. The molecule has 19 heavy (non-hydrogen) atoms. The zero-order valence-corrected chi connectivity index (χ0v) is 11.0. The third-order valence-electron chi connectivity index (χ3n) is 1.85. The molecule has 0 saturated carbocycles. The van der Waals surface area contributed by atoms with Crippen molar-refractivity contribution in [3.05, 3.63) is 34.4 Å². The Morgan fingerprint density at radius 2 is 1.84 bits per heavy atom. The van der Waals surface area contributed by atoms with Crippen LogP contribution < -0.4 is 0 Å². The maximum absolute atomic E-state index is 11.7. The zero-order valence-electron chi connectivity index (χ0n) is 9.29. The number of benzene rings is 1. The van der Waals surface area contributed by atoms with Crippen LogP contribution in [0, 0.1) is 10.1 Å². The van der Waals surface area contributed by atoms with Gasteiger partial charge in [-0.2, -0.15) is 8.42 Å². The molecule has 0 spiro atoms. The van der Waals surface area contributed by atoms with Gasteiger partial charge in [-0.05, 0) is 6.07 Å². The summed E-state index contributed by atoms with van der Waals surface area (Å²) in [5, 5.41) is 10.7. The number of nitrogens with zero attached hydrogens (tertiary/aromatic N) is 1. The summed E-state index contributed by atoms with van der Waals surface area (Å²) in [7, 11) is -7.45. The summed E-state index contributed by atoms with van der Waals surface area (Å²) in [6, 6.07) is 4.64. The lowest BCUT2D eigenvalue weighted by molar-refractivity contribution is -0.387. The van der Waals surface area contributed by atoms with Gasteiger partial charge in [0.25, 0.3) is 16.7 Å². The Morgan fingerprint density at radius 1 is 1.21 bits per heavy atom. The average Bonchev–Trinajstić information content (AvgIpc) is 2.34. The van der Waals surface area contributed by atoms with Crippen LogP contribution in [0.25, 0.3) is 0 Å². The highest BCUT2D eigenvalue weighted by atomic mass is 32.2. The number of para-hydroxylation sites is 1. The molecule has 0 saturated heterocycles. The van der Waals surface area contributed by atoms with Crippen LogP contribution in [0.5, 0.6) is 0 Å². The SMILES string of the molecule is O=[N+]([O-])c1ccccc1S(=O)(=O)OCCO[SH](=O)=O. The van der Waals surface area contributed by atoms with Crippen LogP contribution in [0.2, 0.25) is 0 Å². The first kappa shape index (κ1) is 15.5. The smallest absolute Gasteiger partial charge is 0.270 e. The maximum atomic E-state index is 11.7. The van der Waals surface area contributed by atoms with Gasteiger partial charge in [-0.15, -0.1) is 0 Å². The predicted molar refractivity (Wildman–Crippen MR) is 62.5 cm³/mol. The van der Waals surface area contributed by atoms with Crippen molar-refractivity contribution in [2.75, 3.05) is 13.2 Å². The molecule has 11 heteroatoms. The molecular formula is C8H9NO8S2. The molecule has 0 aromatic heterocycles. The van der Waals surface area contributed by atoms with Gasteiger partial charge in [-0.25, -0.2) is 8.42 Å². The fraction of sp³-hybridized carbons (Fsp3) is 0.250. The van der Waals surface area contributed by atoms with Crippen LogP contribution >= 0.6 is 0 Å². The summed E-state index contributed by atoms with van der Waals surface area (Å²) in [6.07, 6.45) is 0. The zero-order chi connectivity index (χ0) is 14.5. The first-order valence-electron chi connectivity index (χ1n) is 4.75. The lowest BCUT2D eigenvalue weighted by Gasteiger charge is -2.05. The van der Waals surface area contributed by atoms with Crippen molar-refractivity contribution in [2.45, 2.75) is 4.90 Å². The highest BCUT2D eigenvalue weighted by molar-refractivity contribution is 7.87. The first-order valence-corrected chi connectivity index (χ1v) is 7.25. The van der Waals surface area contributed by atoms with E-state index in [0.29, 0.717) is 0 Å². The van der Waals surface area contributed by atoms with E-state index >= 15 is 0 Å². The molecule has 0 radical (unpaired) electrons. The Kier molecular flexibility index (Phi) is 5.35. The number of nitro benzene ring substituents is 1. The number of hydrogen-bond acceptors (Lipinski definition) is 8. The van der Waals surface area contributed by atoms with E-state index < -0.39 is 49.8 Å². The molecule has 0 aliphatic carbocycles. The van der Waals surface area contributed by atoms with E-state index in [4.69, 9.17) is 0 Å². The molecule has 0 aliphatic heterocycles. The predicted octanol–water partition coefficient (Wildman–Crippen LogP) is -0.157. The molecular weight excluding hydrogens is 302 g/mol. The lowest BCUT2D eigenvalue weighted by atomic mass is 10.3. The minimum atomic E-state index is -4.35. The van der Waals surface area contributed by atoms with E-state index in [9.17, 15) is 26.9 Å². The lowest BCUT2D eigenvalue weighted by Crippen LogP contribution is -2.12. The van der Waals surface area contributed by atoms with Crippen molar-refractivity contribution in [1.82, 2.24) is 0 Å². The molecule has 0 bridgehead atoms. The Bertz CT molecular complexity index is 628. The van der Waals surface area contributed by atoms with Crippen LogP contribution in [-0.4, -0.2) is 35.0 Å². The molecule has 106 valence electrons. The van der Waals surface area contributed by atoms with E-state index in [-0.39, 0.29) is 0 Å². The molecule has 1 rings (SSSR count). The van der Waals surface area contributed by atoms with E-state index in [2.05, 4.69) is 8.37 Å². The molecule has 0 atom stereocenters. The minimum absolute atomic E-state index is 0.501. The summed E-state index contributed by atoms with van der Waals surface area (Å²) in [4.78, 5) is 9.20. The highest BCUT2D eigenvalue weighted by Gasteiger charge is 2.25. The van der Waals surface area contributed by atoms with Gasteiger partial charge >= 0.3 is 10.1 Å². The van der Waals surface area contributed by atoms with Crippen LogP contribution in [0.4, 0.5) is 5.69 Å². The van der Waals surface area contributed by atoms with Gasteiger partial charge in [0.2, 0.25) is 0 Å². The van der Waals surface area contributed by atoms with Crippen molar-refractivity contribution in [3.8, 4) is 0 Å². The summed E-state index contributed by atoms with van der Waals surface area (Å²) in [5.74, 6) is 0. The second-order valence-corrected chi connectivity index (χ2v) is 5.35. The van der Waals surface area contributed by atoms with Gasteiger partial charge in [-0.3, -0.25) is 18.5 Å². The molecule has 0 aliphatic rings. The number of hydrogen-bond donors (Lipinski definition) is 1. The van der Waals surface area contributed by atoms with Crippen LogP contribution in [0.15, 0.2) is 29.2 Å².